The molecular weight excluding hydrogens is 217 g/mol. The SMILES string of the molecule is CCC(CO)NC1CCCc2ccc(F)cc21. The molecule has 2 N–H and O–H groups in total. The molecule has 3 heteroatoms. The normalized spacial score (nSPS) is 21.0. The predicted molar refractivity (Wildman–Crippen MR) is 66.4 cm³/mol. The Morgan fingerprint density at radius 3 is 3.06 bits per heavy atom. The van der Waals surface area contributed by atoms with E-state index in [9.17, 15) is 9.50 Å². The van der Waals surface area contributed by atoms with Gasteiger partial charge in [0.15, 0.2) is 0 Å². The van der Waals surface area contributed by atoms with Gasteiger partial charge in [-0.2, -0.15) is 0 Å². The summed E-state index contributed by atoms with van der Waals surface area (Å²) in [5.41, 5.74) is 2.31. The molecule has 94 valence electrons. The maximum Gasteiger partial charge on any atom is 0.123 e. The van der Waals surface area contributed by atoms with Crippen LogP contribution in [0.2, 0.25) is 0 Å². The number of fused-ring (bicyclic) bond motifs is 1. The lowest BCUT2D eigenvalue weighted by molar-refractivity contribution is 0.223. The number of halogens is 1. The van der Waals surface area contributed by atoms with Gasteiger partial charge in [0.05, 0.1) is 6.61 Å². The summed E-state index contributed by atoms with van der Waals surface area (Å²) in [4.78, 5) is 0. The third-order valence-electron chi connectivity index (χ3n) is 3.57. The molecule has 1 aromatic rings. The minimum absolute atomic E-state index is 0.106. The van der Waals surface area contributed by atoms with Gasteiger partial charge in [-0.1, -0.05) is 13.0 Å². The molecule has 1 aromatic carbocycles. The first kappa shape index (κ1) is 12.5. The molecule has 0 spiro atoms. The first-order valence-electron chi connectivity index (χ1n) is 6.39. The second-order valence-electron chi connectivity index (χ2n) is 4.74. The fourth-order valence-electron chi connectivity index (χ4n) is 2.53. The van der Waals surface area contributed by atoms with Crippen molar-refractivity contribution in [2.75, 3.05) is 6.61 Å². The van der Waals surface area contributed by atoms with Gasteiger partial charge in [-0.25, -0.2) is 4.39 Å². The van der Waals surface area contributed by atoms with Gasteiger partial charge in [0, 0.05) is 12.1 Å². The molecule has 0 heterocycles. The van der Waals surface area contributed by atoms with Gasteiger partial charge in [-0.3, -0.25) is 0 Å². The van der Waals surface area contributed by atoms with Crippen LogP contribution in [0.1, 0.15) is 43.4 Å². The third kappa shape index (κ3) is 2.85. The molecule has 1 aliphatic carbocycles. The van der Waals surface area contributed by atoms with E-state index in [4.69, 9.17) is 0 Å². The van der Waals surface area contributed by atoms with Crippen LogP contribution in [-0.2, 0) is 6.42 Å². The first-order chi connectivity index (χ1) is 8.24. The highest BCUT2D eigenvalue weighted by atomic mass is 19.1. The lowest BCUT2D eigenvalue weighted by Crippen LogP contribution is -2.36. The molecule has 0 saturated carbocycles. The summed E-state index contributed by atoms with van der Waals surface area (Å²) in [6, 6.07) is 5.35. The van der Waals surface area contributed by atoms with Gasteiger partial charge in [0.1, 0.15) is 5.82 Å². The Kier molecular flexibility index (Phi) is 4.13. The van der Waals surface area contributed by atoms with Gasteiger partial charge in [-0.15, -0.1) is 0 Å². The quantitative estimate of drug-likeness (QED) is 0.843. The number of aryl methyl sites for hydroxylation is 1. The third-order valence-corrected chi connectivity index (χ3v) is 3.57. The zero-order valence-corrected chi connectivity index (χ0v) is 10.2. The monoisotopic (exact) mass is 237 g/mol. The number of aliphatic hydroxyl groups excluding tert-OH is 1. The van der Waals surface area contributed by atoms with Crippen LogP contribution in [0.3, 0.4) is 0 Å². The van der Waals surface area contributed by atoms with E-state index >= 15 is 0 Å². The van der Waals surface area contributed by atoms with E-state index in [-0.39, 0.29) is 24.5 Å². The fourth-order valence-corrected chi connectivity index (χ4v) is 2.53. The molecule has 2 nitrogen and oxygen atoms in total. The summed E-state index contributed by atoms with van der Waals surface area (Å²) >= 11 is 0. The van der Waals surface area contributed by atoms with Crippen LogP contribution in [0.25, 0.3) is 0 Å². The molecule has 2 rings (SSSR count). The minimum atomic E-state index is -0.172. The van der Waals surface area contributed by atoms with Gasteiger partial charge >= 0.3 is 0 Å². The van der Waals surface area contributed by atoms with Gasteiger partial charge < -0.3 is 10.4 Å². The Bertz CT molecular complexity index is 376. The number of nitrogens with one attached hydrogen (secondary N) is 1. The second kappa shape index (κ2) is 5.61. The Labute approximate surface area is 102 Å². The van der Waals surface area contributed by atoms with E-state index in [2.05, 4.69) is 5.32 Å². The minimum Gasteiger partial charge on any atom is -0.395 e. The van der Waals surface area contributed by atoms with Crippen molar-refractivity contribution in [1.29, 1.82) is 0 Å². The number of hydrogen-bond acceptors (Lipinski definition) is 2. The van der Waals surface area contributed by atoms with E-state index < -0.39 is 0 Å². The molecule has 2 unspecified atom stereocenters. The predicted octanol–water partition coefficient (Wildman–Crippen LogP) is 2.56. The summed E-state index contributed by atoms with van der Waals surface area (Å²) in [6.45, 7) is 2.18. The molecule has 17 heavy (non-hydrogen) atoms. The van der Waals surface area contributed by atoms with Crippen molar-refractivity contribution in [3.63, 3.8) is 0 Å². The summed E-state index contributed by atoms with van der Waals surface area (Å²) < 4.78 is 13.3. The highest BCUT2D eigenvalue weighted by Crippen LogP contribution is 2.30. The van der Waals surface area contributed by atoms with Crippen molar-refractivity contribution in [3.8, 4) is 0 Å². The average Bonchev–Trinajstić information content (AvgIpc) is 2.36. The van der Waals surface area contributed by atoms with Crippen LogP contribution in [0.4, 0.5) is 4.39 Å². The van der Waals surface area contributed by atoms with Crippen molar-refractivity contribution in [2.45, 2.75) is 44.7 Å². The van der Waals surface area contributed by atoms with Crippen LogP contribution in [0.15, 0.2) is 18.2 Å². The van der Waals surface area contributed by atoms with Gasteiger partial charge in [0.25, 0.3) is 0 Å². The van der Waals surface area contributed by atoms with Crippen molar-refractivity contribution in [2.24, 2.45) is 0 Å². The molecule has 0 bridgehead atoms. The van der Waals surface area contributed by atoms with Gasteiger partial charge in [0.2, 0.25) is 0 Å². The Morgan fingerprint density at radius 2 is 2.35 bits per heavy atom. The van der Waals surface area contributed by atoms with Crippen molar-refractivity contribution in [3.05, 3.63) is 35.1 Å². The fraction of sp³-hybridized carbons (Fsp3) is 0.571. The summed E-state index contributed by atoms with van der Waals surface area (Å²) in [6.07, 6.45) is 4.06. The topological polar surface area (TPSA) is 32.3 Å². The van der Waals surface area contributed by atoms with Crippen LogP contribution < -0.4 is 5.32 Å². The number of hydrogen-bond donors (Lipinski definition) is 2. The number of benzene rings is 1. The molecule has 1 aliphatic rings. The van der Waals surface area contributed by atoms with E-state index in [1.807, 2.05) is 13.0 Å². The summed E-state index contributed by atoms with van der Waals surface area (Å²) in [5, 5.41) is 12.6. The van der Waals surface area contributed by atoms with Crippen LogP contribution in [0, 0.1) is 5.82 Å². The lowest BCUT2D eigenvalue weighted by atomic mass is 9.87. The molecule has 0 saturated heterocycles. The molecule has 0 aromatic heterocycles. The summed E-state index contributed by atoms with van der Waals surface area (Å²) in [5.74, 6) is -0.172. The molecule has 0 radical (unpaired) electrons. The Hall–Kier alpha value is -0.930. The Balaban J connectivity index is 2.18. The maximum atomic E-state index is 13.3. The highest BCUT2D eigenvalue weighted by Gasteiger charge is 2.22. The molecule has 0 amide bonds. The van der Waals surface area contributed by atoms with Crippen molar-refractivity contribution in [1.82, 2.24) is 5.32 Å². The largest absolute Gasteiger partial charge is 0.395 e. The highest BCUT2D eigenvalue weighted by molar-refractivity contribution is 5.32. The molecule has 0 fully saturated rings. The average molecular weight is 237 g/mol. The second-order valence-corrected chi connectivity index (χ2v) is 4.74. The molecule has 0 aliphatic heterocycles. The number of rotatable bonds is 4. The van der Waals surface area contributed by atoms with Gasteiger partial charge in [-0.05, 0) is 48.9 Å². The molecular formula is C14H20FNO. The van der Waals surface area contributed by atoms with Crippen LogP contribution >= 0.6 is 0 Å². The standard InChI is InChI=1S/C14H20FNO/c1-2-12(9-17)16-14-5-3-4-10-6-7-11(15)8-13(10)14/h6-8,12,14,16-17H,2-5,9H2,1H3. The van der Waals surface area contributed by atoms with Crippen LogP contribution in [-0.4, -0.2) is 17.8 Å². The lowest BCUT2D eigenvalue weighted by Gasteiger charge is -2.29. The Morgan fingerprint density at radius 1 is 1.53 bits per heavy atom. The maximum absolute atomic E-state index is 13.3. The molecule has 2 atom stereocenters. The zero-order chi connectivity index (χ0) is 12.3. The van der Waals surface area contributed by atoms with E-state index in [1.165, 1.54) is 11.6 Å². The first-order valence-corrected chi connectivity index (χ1v) is 6.39. The number of aliphatic hydroxyl groups is 1. The van der Waals surface area contributed by atoms with Crippen LogP contribution in [0.5, 0.6) is 0 Å². The van der Waals surface area contributed by atoms with Crippen molar-refractivity contribution >= 4 is 0 Å². The van der Waals surface area contributed by atoms with Crippen molar-refractivity contribution < 1.29 is 9.50 Å². The smallest absolute Gasteiger partial charge is 0.123 e. The van der Waals surface area contributed by atoms with E-state index in [0.717, 1.165) is 31.2 Å². The van der Waals surface area contributed by atoms with E-state index in [1.54, 1.807) is 6.07 Å². The van der Waals surface area contributed by atoms with E-state index in [0.29, 0.717) is 0 Å². The zero-order valence-electron chi connectivity index (χ0n) is 10.2. The summed E-state index contributed by atoms with van der Waals surface area (Å²) in [7, 11) is 0.